The molecule has 15 heavy (non-hydrogen) atoms. The second kappa shape index (κ2) is 4.04. The van der Waals surface area contributed by atoms with Crippen LogP contribution in [-0.4, -0.2) is 31.1 Å². The lowest BCUT2D eigenvalue weighted by atomic mass is 10.1. The maximum atomic E-state index is 10.3. The number of carboxylic acids is 1. The van der Waals surface area contributed by atoms with E-state index in [1.54, 1.807) is 10.7 Å². The Morgan fingerprint density at radius 3 is 3.20 bits per heavy atom. The fraction of sp³-hybridized carbons (Fsp3) is 0.333. The molecule has 2 aromatic heterocycles. The van der Waals surface area contributed by atoms with Crippen LogP contribution < -0.4 is 0 Å². The van der Waals surface area contributed by atoms with Gasteiger partial charge in [-0.2, -0.15) is 0 Å². The zero-order valence-electron chi connectivity index (χ0n) is 8.00. The van der Waals surface area contributed by atoms with E-state index >= 15 is 0 Å². The molecule has 0 aliphatic heterocycles. The Balaban J connectivity index is 2.04. The van der Waals surface area contributed by atoms with Crippen molar-refractivity contribution < 1.29 is 9.90 Å². The number of carbonyl (C=O) groups is 1. The van der Waals surface area contributed by atoms with E-state index in [9.17, 15) is 4.79 Å². The molecule has 0 amide bonds. The van der Waals surface area contributed by atoms with Crippen molar-refractivity contribution in [3.63, 3.8) is 0 Å². The molecule has 0 saturated carbocycles. The summed E-state index contributed by atoms with van der Waals surface area (Å²) in [6.07, 6.45) is 3.32. The lowest BCUT2D eigenvalue weighted by Gasteiger charge is -1.99. The predicted molar refractivity (Wildman–Crippen MR) is 51.4 cm³/mol. The summed E-state index contributed by atoms with van der Waals surface area (Å²) in [5.41, 5.74) is 1.74. The summed E-state index contributed by atoms with van der Waals surface area (Å²) in [7, 11) is 0. The van der Waals surface area contributed by atoms with Crippen LogP contribution in [0.1, 0.15) is 18.4 Å². The molecule has 0 aromatic carbocycles. The van der Waals surface area contributed by atoms with Crippen LogP contribution in [0, 0.1) is 0 Å². The fourth-order valence-electron chi connectivity index (χ4n) is 1.38. The van der Waals surface area contributed by atoms with Crippen LogP contribution in [0.4, 0.5) is 0 Å². The predicted octanol–water partition coefficient (Wildman–Crippen LogP) is 0.532. The molecule has 0 bridgehead atoms. The molecule has 0 atom stereocenters. The number of tetrazole rings is 1. The molecule has 2 heterocycles. The van der Waals surface area contributed by atoms with Gasteiger partial charge in [0, 0.05) is 12.6 Å². The number of fused-ring (bicyclic) bond motifs is 1. The SMILES string of the molecule is O=C(O)CCCc1ccn2nnnc2c1. The van der Waals surface area contributed by atoms with E-state index in [1.807, 2.05) is 12.1 Å². The lowest BCUT2D eigenvalue weighted by molar-refractivity contribution is -0.137. The van der Waals surface area contributed by atoms with E-state index < -0.39 is 5.97 Å². The Morgan fingerprint density at radius 2 is 2.40 bits per heavy atom. The fourth-order valence-corrected chi connectivity index (χ4v) is 1.38. The normalized spacial score (nSPS) is 10.7. The van der Waals surface area contributed by atoms with Gasteiger partial charge in [0.2, 0.25) is 0 Å². The van der Waals surface area contributed by atoms with Crippen molar-refractivity contribution in [2.45, 2.75) is 19.3 Å². The first kappa shape index (κ1) is 9.57. The summed E-state index contributed by atoms with van der Waals surface area (Å²) in [5.74, 6) is -0.764. The van der Waals surface area contributed by atoms with Crippen molar-refractivity contribution in [3.05, 3.63) is 23.9 Å². The molecular weight excluding hydrogens is 196 g/mol. The molecule has 6 heteroatoms. The summed E-state index contributed by atoms with van der Waals surface area (Å²) in [6, 6.07) is 3.76. The zero-order valence-corrected chi connectivity index (χ0v) is 8.00. The number of rotatable bonds is 4. The quantitative estimate of drug-likeness (QED) is 0.789. The lowest BCUT2D eigenvalue weighted by Crippen LogP contribution is -1.96. The number of hydrogen-bond acceptors (Lipinski definition) is 4. The highest BCUT2D eigenvalue weighted by atomic mass is 16.4. The Labute approximate surface area is 85.5 Å². The third-order valence-corrected chi connectivity index (χ3v) is 2.12. The van der Waals surface area contributed by atoms with Crippen LogP contribution in [0.25, 0.3) is 5.65 Å². The van der Waals surface area contributed by atoms with Crippen LogP contribution in [0.5, 0.6) is 0 Å². The average Bonchev–Trinajstić information content (AvgIpc) is 2.64. The maximum absolute atomic E-state index is 10.3. The summed E-state index contributed by atoms with van der Waals surface area (Å²) < 4.78 is 1.57. The molecule has 2 aromatic rings. The van der Waals surface area contributed by atoms with Gasteiger partial charge in [0.15, 0.2) is 5.65 Å². The van der Waals surface area contributed by atoms with Gasteiger partial charge in [-0.1, -0.05) is 0 Å². The van der Waals surface area contributed by atoms with Gasteiger partial charge in [0.25, 0.3) is 0 Å². The Kier molecular flexibility index (Phi) is 2.57. The first-order valence-corrected chi connectivity index (χ1v) is 4.64. The molecule has 6 nitrogen and oxygen atoms in total. The largest absolute Gasteiger partial charge is 0.481 e. The van der Waals surface area contributed by atoms with E-state index in [0.717, 1.165) is 12.0 Å². The Hall–Kier alpha value is -1.98. The first-order valence-electron chi connectivity index (χ1n) is 4.64. The molecule has 0 radical (unpaired) electrons. The maximum Gasteiger partial charge on any atom is 0.303 e. The highest BCUT2D eigenvalue weighted by molar-refractivity contribution is 5.66. The molecule has 0 unspecified atom stereocenters. The monoisotopic (exact) mass is 206 g/mol. The van der Waals surface area contributed by atoms with Gasteiger partial charge in [-0.05, 0) is 41.0 Å². The number of nitrogens with zero attached hydrogens (tertiary/aromatic N) is 4. The number of hydrogen-bond donors (Lipinski definition) is 1. The summed E-state index contributed by atoms with van der Waals surface area (Å²) >= 11 is 0. The van der Waals surface area contributed by atoms with Crippen LogP contribution in [-0.2, 0) is 11.2 Å². The van der Waals surface area contributed by atoms with Crippen molar-refractivity contribution in [2.24, 2.45) is 0 Å². The average molecular weight is 206 g/mol. The molecule has 0 spiro atoms. The summed E-state index contributed by atoms with van der Waals surface area (Å²) in [4.78, 5) is 10.3. The van der Waals surface area contributed by atoms with E-state index in [2.05, 4.69) is 15.5 Å². The van der Waals surface area contributed by atoms with Gasteiger partial charge >= 0.3 is 5.97 Å². The first-order chi connectivity index (χ1) is 7.25. The van der Waals surface area contributed by atoms with Crippen molar-refractivity contribution in [1.29, 1.82) is 0 Å². The number of pyridine rings is 1. The Bertz CT molecular complexity index is 480. The molecular formula is C9H10N4O2. The summed E-state index contributed by atoms with van der Waals surface area (Å²) in [5, 5.41) is 19.6. The number of carboxylic acid groups (broad SMARTS) is 1. The zero-order chi connectivity index (χ0) is 10.7. The van der Waals surface area contributed by atoms with Gasteiger partial charge in [0.1, 0.15) is 0 Å². The number of aromatic nitrogens is 4. The van der Waals surface area contributed by atoms with E-state index in [0.29, 0.717) is 12.1 Å². The highest BCUT2D eigenvalue weighted by Gasteiger charge is 2.01. The standard InChI is InChI=1S/C9H10N4O2/c14-9(15)3-1-2-7-4-5-13-8(6-7)10-11-12-13/h4-6H,1-3H2,(H,14,15). The van der Waals surface area contributed by atoms with Crippen LogP contribution in [0.15, 0.2) is 18.3 Å². The van der Waals surface area contributed by atoms with Crippen LogP contribution >= 0.6 is 0 Å². The summed E-state index contributed by atoms with van der Waals surface area (Å²) in [6.45, 7) is 0. The molecule has 0 saturated heterocycles. The van der Waals surface area contributed by atoms with E-state index in [4.69, 9.17) is 5.11 Å². The molecule has 0 fully saturated rings. The van der Waals surface area contributed by atoms with Crippen LogP contribution in [0.3, 0.4) is 0 Å². The molecule has 0 aliphatic rings. The second-order valence-corrected chi connectivity index (χ2v) is 3.26. The number of aliphatic carboxylic acids is 1. The van der Waals surface area contributed by atoms with Crippen LogP contribution in [0.2, 0.25) is 0 Å². The van der Waals surface area contributed by atoms with Crippen molar-refractivity contribution in [1.82, 2.24) is 20.0 Å². The van der Waals surface area contributed by atoms with Crippen molar-refractivity contribution in [2.75, 3.05) is 0 Å². The van der Waals surface area contributed by atoms with Crippen molar-refractivity contribution >= 4 is 11.6 Å². The van der Waals surface area contributed by atoms with Gasteiger partial charge in [-0.15, -0.1) is 5.10 Å². The van der Waals surface area contributed by atoms with Gasteiger partial charge in [-0.3, -0.25) is 4.79 Å². The van der Waals surface area contributed by atoms with Gasteiger partial charge < -0.3 is 5.11 Å². The molecule has 1 N–H and O–H groups in total. The molecule has 0 aliphatic carbocycles. The molecule has 2 rings (SSSR count). The Morgan fingerprint density at radius 1 is 1.53 bits per heavy atom. The molecule has 78 valence electrons. The van der Waals surface area contributed by atoms with Crippen molar-refractivity contribution in [3.8, 4) is 0 Å². The smallest absolute Gasteiger partial charge is 0.303 e. The van der Waals surface area contributed by atoms with Gasteiger partial charge in [0.05, 0.1) is 0 Å². The minimum Gasteiger partial charge on any atom is -0.481 e. The van der Waals surface area contributed by atoms with E-state index in [1.165, 1.54) is 0 Å². The van der Waals surface area contributed by atoms with Gasteiger partial charge in [-0.25, -0.2) is 4.52 Å². The topological polar surface area (TPSA) is 80.4 Å². The minimum absolute atomic E-state index is 0.191. The third kappa shape index (κ3) is 2.28. The second-order valence-electron chi connectivity index (χ2n) is 3.26. The van der Waals surface area contributed by atoms with E-state index in [-0.39, 0.29) is 6.42 Å². The highest BCUT2D eigenvalue weighted by Crippen LogP contribution is 2.07. The minimum atomic E-state index is -0.764. The number of aryl methyl sites for hydroxylation is 1. The third-order valence-electron chi connectivity index (χ3n) is 2.12.